The summed E-state index contributed by atoms with van der Waals surface area (Å²) in [5.74, 6) is 0. The van der Waals surface area contributed by atoms with Crippen LogP contribution in [0.4, 0.5) is 16.2 Å². The first-order valence-electron chi connectivity index (χ1n) is 8.64. The van der Waals surface area contributed by atoms with Crippen molar-refractivity contribution in [3.63, 3.8) is 0 Å². The molecule has 5 nitrogen and oxygen atoms in total. The molecule has 1 aliphatic rings. The van der Waals surface area contributed by atoms with Crippen molar-refractivity contribution in [3.8, 4) is 0 Å². The number of hydrazone groups is 1. The minimum Gasteiger partial charge on any atom is -0.372 e. The molecule has 0 radical (unpaired) electrons. The minimum atomic E-state index is -0.355. The van der Waals surface area contributed by atoms with Crippen LogP contribution in [0.1, 0.15) is 29.5 Å². The molecule has 1 aliphatic heterocycles. The van der Waals surface area contributed by atoms with Crippen LogP contribution in [0.3, 0.4) is 0 Å². The molecule has 0 spiro atoms. The molecule has 2 N–H and O–H groups in total. The second-order valence-electron chi connectivity index (χ2n) is 6.43. The first-order chi connectivity index (χ1) is 12.1. The van der Waals surface area contributed by atoms with Crippen LogP contribution in [0, 0.1) is 13.8 Å². The molecule has 0 unspecified atom stereocenters. The molecule has 0 atom stereocenters. The summed E-state index contributed by atoms with van der Waals surface area (Å²) >= 11 is 0. The summed E-state index contributed by atoms with van der Waals surface area (Å²) in [7, 11) is 0. The summed E-state index contributed by atoms with van der Waals surface area (Å²) in [4.78, 5) is 14.3. The van der Waals surface area contributed by atoms with E-state index in [0.717, 1.165) is 35.5 Å². The van der Waals surface area contributed by atoms with Gasteiger partial charge in [-0.1, -0.05) is 23.8 Å². The number of nitrogens with zero attached hydrogens (tertiary/aromatic N) is 2. The number of amides is 2. The van der Waals surface area contributed by atoms with Gasteiger partial charge < -0.3 is 10.2 Å². The maximum Gasteiger partial charge on any atom is 0.339 e. The van der Waals surface area contributed by atoms with Crippen molar-refractivity contribution in [1.29, 1.82) is 0 Å². The summed E-state index contributed by atoms with van der Waals surface area (Å²) in [5.41, 5.74) is 7.80. The Kier molecular flexibility index (Phi) is 5.33. The summed E-state index contributed by atoms with van der Waals surface area (Å²) in [5, 5.41) is 6.79. The Morgan fingerprint density at radius 1 is 1.08 bits per heavy atom. The summed E-state index contributed by atoms with van der Waals surface area (Å²) in [6.07, 6.45) is 4.21. The Labute approximate surface area is 148 Å². The zero-order chi connectivity index (χ0) is 17.6. The molecule has 1 saturated heterocycles. The smallest absolute Gasteiger partial charge is 0.339 e. The lowest BCUT2D eigenvalue weighted by Crippen LogP contribution is -2.24. The molecule has 130 valence electrons. The lowest BCUT2D eigenvalue weighted by Gasteiger charge is -2.18. The van der Waals surface area contributed by atoms with Gasteiger partial charge in [0.25, 0.3) is 0 Å². The number of anilines is 2. The fourth-order valence-corrected chi connectivity index (χ4v) is 2.93. The van der Waals surface area contributed by atoms with E-state index < -0.39 is 0 Å². The second-order valence-corrected chi connectivity index (χ2v) is 6.43. The predicted molar refractivity (Wildman–Crippen MR) is 104 cm³/mol. The van der Waals surface area contributed by atoms with Crippen LogP contribution in [0.15, 0.2) is 47.6 Å². The van der Waals surface area contributed by atoms with Gasteiger partial charge in [0.1, 0.15) is 0 Å². The monoisotopic (exact) mass is 336 g/mol. The van der Waals surface area contributed by atoms with E-state index in [-0.39, 0.29) is 6.03 Å². The van der Waals surface area contributed by atoms with E-state index in [0.29, 0.717) is 0 Å². The normalized spacial score (nSPS) is 14.1. The first-order valence-corrected chi connectivity index (χ1v) is 8.64. The van der Waals surface area contributed by atoms with Gasteiger partial charge in [-0.3, -0.25) is 0 Å². The Balaban J connectivity index is 1.56. The third kappa shape index (κ3) is 4.59. The third-order valence-corrected chi connectivity index (χ3v) is 4.40. The van der Waals surface area contributed by atoms with E-state index in [4.69, 9.17) is 0 Å². The standard InChI is InChI=1S/C20H24N4O/c1-15-5-8-18(9-6-15)22-20(25)23-21-14-17-7-10-19(13-16(17)2)24-11-3-4-12-24/h5-10,13-14H,3-4,11-12H2,1-2H3,(H2,22,23,25)/b21-14+. The largest absolute Gasteiger partial charge is 0.372 e. The topological polar surface area (TPSA) is 56.7 Å². The van der Waals surface area contributed by atoms with Crippen molar-refractivity contribution in [2.45, 2.75) is 26.7 Å². The van der Waals surface area contributed by atoms with Crippen LogP contribution in [-0.2, 0) is 0 Å². The molecule has 25 heavy (non-hydrogen) atoms. The molecular weight excluding hydrogens is 312 g/mol. The maximum absolute atomic E-state index is 11.9. The Hall–Kier alpha value is -2.82. The summed E-state index contributed by atoms with van der Waals surface area (Å²) in [6, 6.07) is 13.6. The number of urea groups is 1. The highest BCUT2D eigenvalue weighted by Crippen LogP contribution is 2.22. The SMILES string of the molecule is Cc1ccc(NC(=O)N/N=C/c2ccc(N3CCCC3)cc2C)cc1. The molecule has 1 fully saturated rings. The number of carbonyl (C=O) groups excluding carboxylic acids is 1. The van der Waals surface area contributed by atoms with E-state index in [2.05, 4.69) is 39.8 Å². The molecule has 2 amide bonds. The zero-order valence-corrected chi connectivity index (χ0v) is 14.7. The van der Waals surface area contributed by atoms with Crippen LogP contribution >= 0.6 is 0 Å². The molecular formula is C20H24N4O. The van der Waals surface area contributed by atoms with Crippen molar-refractivity contribution in [3.05, 3.63) is 59.2 Å². The Morgan fingerprint density at radius 2 is 1.80 bits per heavy atom. The fraction of sp³-hybridized carbons (Fsp3) is 0.300. The quantitative estimate of drug-likeness (QED) is 0.653. The van der Waals surface area contributed by atoms with Crippen molar-refractivity contribution in [1.82, 2.24) is 5.43 Å². The average molecular weight is 336 g/mol. The van der Waals surface area contributed by atoms with Crippen LogP contribution in [0.5, 0.6) is 0 Å². The van der Waals surface area contributed by atoms with E-state index in [1.165, 1.54) is 18.5 Å². The zero-order valence-electron chi connectivity index (χ0n) is 14.7. The van der Waals surface area contributed by atoms with Crippen LogP contribution in [0.2, 0.25) is 0 Å². The molecule has 0 aliphatic carbocycles. The van der Waals surface area contributed by atoms with Crippen LogP contribution in [-0.4, -0.2) is 25.3 Å². The van der Waals surface area contributed by atoms with Crippen LogP contribution < -0.4 is 15.6 Å². The lowest BCUT2D eigenvalue weighted by molar-refractivity contribution is 0.252. The van der Waals surface area contributed by atoms with E-state index in [9.17, 15) is 4.79 Å². The second kappa shape index (κ2) is 7.83. The average Bonchev–Trinajstić information content (AvgIpc) is 3.13. The van der Waals surface area contributed by atoms with Crippen molar-refractivity contribution in [2.24, 2.45) is 5.10 Å². The van der Waals surface area contributed by atoms with Gasteiger partial charge in [-0.15, -0.1) is 0 Å². The number of rotatable bonds is 4. The molecule has 0 bridgehead atoms. The van der Waals surface area contributed by atoms with Gasteiger partial charge in [0.2, 0.25) is 0 Å². The van der Waals surface area contributed by atoms with Crippen LogP contribution in [0.25, 0.3) is 0 Å². The molecule has 1 heterocycles. The number of hydrogen-bond acceptors (Lipinski definition) is 3. The van der Waals surface area contributed by atoms with Gasteiger partial charge in [-0.2, -0.15) is 5.10 Å². The third-order valence-electron chi connectivity index (χ3n) is 4.40. The van der Waals surface area contributed by atoms with Gasteiger partial charge in [0, 0.05) is 24.5 Å². The van der Waals surface area contributed by atoms with Gasteiger partial charge in [-0.25, -0.2) is 10.2 Å². The number of benzene rings is 2. The molecule has 5 heteroatoms. The van der Waals surface area contributed by atoms with Crippen molar-refractivity contribution < 1.29 is 4.79 Å². The van der Waals surface area contributed by atoms with Gasteiger partial charge in [0.05, 0.1) is 6.21 Å². The van der Waals surface area contributed by atoms with Crippen molar-refractivity contribution >= 4 is 23.6 Å². The highest BCUT2D eigenvalue weighted by Gasteiger charge is 2.12. The van der Waals surface area contributed by atoms with Gasteiger partial charge in [-0.05, 0) is 62.1 Å². The van der Waals surface area contributed by atoms with E-state index >= 15 is 0 Å². The highest BCUT2D eigenvalue weighted by atomic mass is 16.2. The predicted octanol–water partition coefficient (Wildman–Crippen LogP) is 4.06. The minimum absolute atomic E-state index is 0.355. The Morgan fingerprint density at radius 3 is 2.48 bits per heavy atom. The van der Waals surface area contributed by atoms with Gasteiger partial charge in [0.15, 0.2) is 0 Å². The summed E-state index contributed by atoms with van der Waals surface area (Å²) < 4.78 is 0. The molecule has 0 saturated carbocycles. The molecule has 0 aromatic heterocycles. The molecule has 3 rings (SSSR count). The fourth-order valence-electron chi connectivity index (χ4n) is 2.93. The first kappa shape index (κ1) is 17.0. The number of nitrogens with one attached hydrogen (secondary N) is 2. The molecule has 2 aromatic rings. The van der Waals surface area contributed by atoms with Crippen molar-refractivity contribution in [2.75, 3.05) is 23.3 Å². The lowest BCUT2D eigenvalue weighted by atomic mass is 10.1. The highest BCUT2D eigenvalue weighted by molar-refractivity contribution is 5.90. The molecule has 2 aromatic carbocycles. The number of carbonyl (C=O) groups is 1. The van der Waals surface area contributed by atoms with E-state index in [1.807, 2.05) is 37.3 Å². The maximum atomic E-state index is 11.9. The van der Waals surface area contributed by atoms with Gasteiger partial charge >= 0.3 is 6.03 Å². The Bertz CT molecular complexity index is 762. The number of hydrogen-bond donors (Lipinski definition) is 2. The van der Waals surface area contributed by atoms with E-state index in [1.54, 1.807) is 6.21 Å². The number of aryl methyl sites for hydroxylation is 2. The summed E-state index contributed by atoms with van der Waals surface area (Å²) in [6.45, 7) is 6.33.